The van der Waals surface area contributed by atoms with Gasteiger partial charge >= 0.3 is 0 Å². The highest BCUT2D eigenvalue weighted by atomic mass is 35.5. The van der Waals surface area contributed by atoms with Crippen LogP contribution in [0.3, 0.4) is 0 Å². The van der Waals surface area contributed by atoms with Gasteiger partial charge in [-0.15, -0.1) is 11.6 Å². The third-order valence-corrected chi connectivity index (χ3v) is 4.53. The van der Waals surface area contributed by atoms with Gasteiger partial charge in [0.05, 0.1) is 11.4 Å². The van der Waals surface area contributed by atoms with Crippen molar-refractivity contribution in [3.8, 4) is 0 Å². The molecule has 1 aliphatic rings. The van der Waals surface area contributed by atoms with Crippen LogP contribution in [-0.4, -0.2) is 21.7 Å². The van der Waals surface area contributed by atoms with E-state index in [1.807, 2.05) is 0 Å². The summed E-state index contributed by atoms with van der Waals surface area (Å²) >= 11 is 6.14. The minimum Gasteiger partial charge on any atom is -0.311 e. The average molecular weight is 284 g/mol. The van der Waals surface area contributed by atoms with Crippen LogP contribution in [0.4, 0.5) is 0 Å². The largest absolute Gasteiger partial charge is 0.311 e. The van der Waals surface area contributed by atoms with Gasteiger partial charge in [-0.2, -0.15) is 5.10 Å². The van der Waals surface area contributed by atoms with Crippen molar-refractivity contribution in [1.29, 1.82) is 0 Å². The molecule has 1 saturated carbocycles. The van der Waals surface area contributed by atoms with Gasteiger partial charge in [0.2, 0.25) is 0 Å². The molecule has 2 rings (SSSR count). The van der Waals surface area contributed by atoms with Crippen LogP contribution >= 0.6 is 11.6 Å². The van der Waals surface area contributed by atoms with Crippen molar-refractivity contribution in [2.75, 3.05) is 6.54 Å². The van der Waals surface area contributed by atoms with Gasteiger partial charge in [-0.1, -0.05) is 6.92 Å². The van der Waals surface area contributed by atoms with Crippen molar-refractivity contribution < 1.29 is 0 Å². The fourth-order valence-electron chi connectivity index (χ4n) is 2.83. The quantitative estimate of drug-likeness (QED) is 0.812. The average Bonchev–Trinajstić information content (AvgIpc) is 2.83. The van der Waals surface area contributed by atoms with E-state index in [2.05, 4.69) is 35.0 Å². The second-order valence-corrected chi connectivity index (χ2v) is 6.16. The minimum absolute atomic E-state index is 0.421. The Hall–Kier alpha value is -0.540. The first-order chi connectivity index (χ1) is 9.22. The molecule has 19 heavy (non-hydrogen) atoms. The summed E-state index contributed by atoms with van der Waals surface area (Å²) in [5.74, 6) is 0.804. The molecule has 0 atom stereocenters. The van der Waals surface area contributed by atoms with E-state index in [9.17, 15) is 0 Å². The predicted octanol–water partition coefficient (Wildman–Crippen LogP) is 3.35. The lowest BCUT2D eigenvalue weighted by atomic mass is 9.89. The zero-order valence-corrected chi connectivity index (χ0v) is 12.9. The molecule has 0 saturated heterocycles. The molecular weight excluding hydrogens is 258 g/mol. The highest BCUT2D eigenvalue weighted by Crippen LogP contribution is 2.27. The summed E-state index contributed by atoms with van der Waals surface area (Å²) in [7, 11) is 0. The van der Waals surface area contributed by atoms with Crippen molar-refractivity contribution >= 4 is 11.6 Å². The summed E-state index contributed by atoms with van der Waals surface area (Å²) in [5, 5.41) is 8.60. The maximum atomic E-state index is 6.14. The predicted molar refractivity (Wildman–Crippen MR) is 80.6 cm³/mol. The van der Waals surface area contributed by atoms with Crippen LogP contribution in [0.15, 0.2) is 6.07 Å². The lowest BCUT2D eigenvalue weighted by Crippen LogP contribution is -2.27. The van der Waals surface area contributed by atoms with Crippen molar-refractivity contribution in [3.05, 3.63) is 17.5 Å². The van der Waals surface area contributed by atoms with E-state index in [4.69, 9.17) is 11.6 Å². The Morgan fingerprint density at radius 2 is 2.05 bits per heavy atom. The van der Waals surface area contributed by atoms with Gasteiger partial charge in [-0.3, -0.25) is 4.68 Å². The summed E-state index contributed by atoms with van der Waals surface area (Å²) in [4.78, 5) is 0. The van der Waals surface area contributed by atoms with E-state index in [0.717, 1.165) is 32.0 Å². The Kier molecular flexibility index (Phi) is 5.71. The van der Waals surface area contributed by atoms with E-state index in [1.54, 1.807) is 0 Å². The van der Waals surface area contributed by atoms with Gasteiger partial charge in [0.1, 0.15) is 0 Å². The lowest BCUT2D eigenvalue weighted by Gasteiger charge is -2.25. The van der Waals surface area contributed by atoms with Gasteiger partial charge in [0.25, 0.3) is 0 Å². The van der Waals surface area contributed by atoms with Gasteiger partial charge in [-0.25, -0.2) is 0 Å². The molecule has 0 radical (unpaired) electrons. The van der Waals surface area contributed by atoms with Crippen LogP contribution < -0.4 is 5.32 Å². The molecule has 3 nitrogen and oxygen atoms in total. The summed E-state index contributed by atoms with van der Waals surface area (Å²) in [6.07, 6.45) is 5.92. The van der Waals surface area contributed by atoms with Crippen LogP contribution in [-0.2, 0) is 19.5 Å². The Labute approximate surface area is 121 Å². The number of nitrogens with zero attached hydrogens (tertiary/aromatic N) is 2. The van der Waals surface area contributed by atoms with Crippen LogP contribution in [0, 0.1) is 5.92 Å². The Morgan fingerprint density at radius 1 is 1.32 bits per heavy atom. The molecule has 1 fully saturated rings. The lowest BCUT2D eigenvalue weighted by molar-refractivity contribution is 0.344. The third-order valence-electron chi connectivity index (χ3n) is 4.09. The first-order valence-electron chi connectivity index (χ1n) is 7.63. The topological polar surface area (TPSA) is 29.9 Å². The summed E-state index contributed by atoms with van der Waals surface area (Å²) < 4.78 is 2.11. The minimum atomic E-state index is 0.421. The Bertz CT molecular complexity index is 381. The smallest absolute Gasteiger partial charge is 0.0625 e. The maximum absolute atomic E-state index is 6.14. The van der Waals surface area contributed by atoms with Crippen LogP contribution in [0.25, 0.3) is 0 Å². The van der Waals surface area contributed by atoms with Crippen molar-refractivity contribution in [2.45, 2.75) is 64.4 Å². The summed E-state index contributed by atoms with van der Waals surface area (Å²) in [5.41, 5.74) is 2.51. The number of nitrogens with one attached hydrogen (secondary N) is 1. The van der Waals surface area contributed by atoms with Crippen LogP contribution in [0.5, 0.6) is 0 Å². The molecule has 1 aromatic heterocycles. The van der Waals surface area contributed by atoms with Crippen molar-refractivity contribution in [2.24, 2.45) is 5.92 Å². The molecular formula is C15H26ClN3. The third kappa shape index (κ3) is 4.22. The number of hydrogen-bond donors (Lipinski definition) is 1. The number of hydrogen-bond acceptors (Lipinski definition) is 2. The van der Waals surface area contributed by atoms with E-state index in [1.165, 1.54) is 37.1 Å². The normalized spacial score (nSPS) is 23.7. The van der Waals surface area contributed by atoms with E-state index >= 15 is 0 Å². The molecule has 1 N–H and O–H groups in total. The highest BCUT2D eigenvalue weighted by Gasteiger charge is 2.19. The number of aromatic nitrogens is 2. The monoisotopic (exact) mass is 283 g/mol. The second-order valence-electron chi connectivity index (χ2n) is 5.55. The molecule has 1 aromatic rings. The summed E-state index contributed by atoms with van der Waals surface area (Å²) in [6.45, 7) is 7.30. The fraction of sp³-hybridized carbons (Fsp3) is 0.800. The van der Waals surface area contributed by atoms with Crippen molar-refractivity contribution in [1.82, 2.24) is 15.1 Å². The van der Waals surface area contributed by atoms with Gasteiger partial charge in [0.15, 0.2) is 0 Å². The van der Waals surface area contributed by atoms with Crippen LogP contribution in [0.2, 0.25) is 0 Å². The zero-order chi connectivity index (χ0) is 13.7. The van der Waals surface area contributed by atoms with Gasteiger partial charge in [-0.05, 0) is 57.6 Å². The van der Waals surface area contributed by atoms with Gasteiger partial charge in [0, 0.05) is 18.5 Å². The SMILES string of the molecule is CCc1cc(CNCC2CCC(Cl)CC2)n(CC)n1. The Morgan fingerprint density at radius 3 is 2.68 bits per heavy atom. The molecule has 4 heteroatoms. The number of rotatable bonds is 6. The van der Waals surface area contributed by atoms with E-state index < -0.39 is 0 Å². The fourth-order valence-corrected chi connectivity index (χ4v) is 3.09. The van der Waals surface area contributed by atoms with E-state index in [-0.39, 0.29) is 0 Å². The number of alkyl halides is 1. The van der Waals surface area contributed by atoms with Crippen LogP contribution in [0.1, 0.15) is 50.9 Å². The molecule has 1 aliphatic carbocycles. The highest BCUT2D eigenvalue weighted by molar-refractivity contribution is 6.20. The first kappa shape index (κ1) is 14.9. The Balaban J connectivity index is 1.77. The van der Waals surface area contributed by atoms with E-state index in [0.29, 0.717) is 5.38 Å². The molecule has 0 aromatic carbocycles. The molecule has 0 unspecified atom stereocenters. The maximum Gasteiger partial charge on any atom is 0.0625 e. The molecule has 108 valence electrons. The number of aryl methyl sites for hydroxylation is 2. The molecule has 0 amide bonds. The van der Waals surface area contributed by atoms with Gasteiger partial charge < -0.3 is 5.32 Å². The molecule has 0 bridgehead atoms. The number of halogens is 1. The standard InChI is InChI=1S/C15H26ClN3/c1-3-14-9-15(19(4-2)18-14)11-17-10-12-5-7-13(16)8-6-12/h9,12-13,17H,3-8,10-11H2,1-2H3. The molecule has 1 heterocycles. The summed E-state index contributed by atoms with van der Waals surface area (Å²) in [6, 6.07) is 2.23. The molecule has 0 spiro atoms. The first-order valence-corrected chi connectivity index (χ1v) is 8.07. The molecule has 0 aliphatic heterocycles. The zero-order valence-electron chi connectivity index (χ0n) is 12.2. The second kappa shape index (κ2) is 7.30. The van der Waals surface area contributed by atoms with Crippen molar-refractivity contribution in [3.63, 3.8) is 0 Å².